The molecule has 0 bridgehead atoms. The smallest absolute Gasteiger partial charge is 0.129 e. The maximum Gasteiger partial charge on any atom is 0.129 e. The van der Waals surface area contributed by atoms with Crippen molar-refractivity contribution < 1.29 is 4.39 Å². The van der Waals surface area contributed by atoms with Crippen LogP contribution < -0.4 is 5.32 Å². The molecule has 0 radical (unpaired) electrons. The Hall–Kier alpha value is -0.310. The summed E-state index contributed by atoms with van der Waals surface area (Å²) in [7, 11) is 0. The van der Waals surface area contributed by atoms with E-state index >= 15 is 0 Å². The Morgan fingerprint density at radius 2 is 2.06 bits per heavy atom. The van der Waals surface area contributed by atoms with Gasteiger partial charge < -0.3 is 5.32 Å². The van der Waals surface area contributed by atoms with Crippen LogP contribution in [-0.4, -0.2) is 6.54 Å². The maximum absolute atomic E-state index is 13.3. The highest BCUT2D eigenvalue weighted by molar-refractivity contribution is 6.31. The largest absolute Gasteiger partial charge is 0.313 e. The molecule has 0 amide bonds. The molecule has 0 saturated heterocycles. The van der Waals surface area contributed by atoms with Gasteiger partial charge in [0.2, 0.25) is 0 Å². The molecule has 0 atom stereocenters. The fourth-order valence-electron chi connectivity index (χ4n) is 1.31. The van der Waals surface area contributed by atoms with Crippen molar-refractivity contribution in [1.29, 1.82) is 0 Å². The second-order valence-corrected chi connectivity index (χ2v) is 4.47. The van der Waals surface area contributed by atoms with Gasteiger partial charge >= 0.3 is 0 Å². The molecule has 0 unspecified atom stereocenters. The fraction of sp³-hybridized carbons (Fsp3) is 0.500. The van der Waals surface area contributed by atoms with Crippen molar-refractivity contribution in [3.05, 3.63) is 34.6 Å². The van der Waals surface area contributed by atoms with E-state index in [1.807, 2.05) is 0 Å². The van der Waals surface area contributed by atoms with Crippen LogP contribution in [0.4, 0.5) is 4.39 Å². The van der Waals surface area contributed by atoms with Crippen molar-refractivity contribution >= 4 is 24.0 Å². The summed E-state index contributed by atoms with van der Waals surface area (Å²) in [5.41, 5.74) is 0.558. The quantitative estimate of drug-likeness (QED) is 0.793. The first-order valence-corrected chi connectivity index (χ1v) is 5.62. The minimum Gasteiger partial charge on any atom is -0.313 e. The van der Waals surface area contributed by atoms with Crippen molar-refractivity contribution in [2.75, 3.05) is 6.54 Å². The Balaban J connectivity index is 0.00000225. The zero-order chi connectivity index (χ0) is 11.3. The average Bonchev–Trinajstić information content (AvgIpc) is 2.15. The van der Waals surface area contributed by atoms with E-state index in [-0.39, 0.29) is 18.2 Å². The molecule has 4 heteroatoms. The monoisotopic (exact) mass is 265 g/mol. The second kappa shape index (κ2) is 7.88. The third-order valence-electron chi connectivity index (χ3n) is 2.26. The zero-order valence-corrected chi connectivity index (χ0v) is 11.2. The van der Waals surface area contributed by atoms with Gasteiger partial charge in [0.1, 0.15) is 5.82 Å². The van der Waals surface area contributed by atoms with Crippen molar-refractivity contribution in [2.45, 2.75) is 26.8 Å². The highest BCUT2D eigenvalue weighted by Gasteiger charge is 2.05. The molecule has 0 aliphatic heterocycles. The summed E-state index contributed by atoms with van der Waals surface area (Å²) in [5.74, 6) is 0.424. The molecule has 1 rings (SSSR count). The molecule has 0 aromatic heterocycles. The summed E-state index contributed by atoms with van der Waals surface area (Å²) in [4.78, 5) is 0. The lowest BCUT2D eigenvalue weighted by molar-refractivity contribution is 0.527. The molecule has 0 aliphatic rings. The van der Waals surface area contributed by atoms with Gasteiger partial charge in [-0.25, -0.2) is 4.39 Å². The maximum atomic E-state index is 13.3. The van der Waals surface area contributed by atoms with E-state index in [1.165, 1.54) is 6.07 Å². The Labute approximate surface area is 108 Å². The van der Waals surface area contributed by atoms with Gasteiger partial charge in [0.05, 0.1) is 0 Å². The molecule has 0 saturated carbocycles. The summed E-state index contributed by atoms with van der Waals surface area (Å²) >= 11 is 5.89. The molecular weight excluding hydrogens is 248 g/mol. The van der Waals surface area contributed by atoms with Gasteiger partial charge in [-0.15, -0.1) is 12.4 Å². The molecule has 1 nitrogen and oxygen atoms in total. The predicted molar refractivity (Wildman–Crippen MR) is 69.8 cm³/mol. The molecule has 16 heavy (non-hydrogen) atoms. The van der Waals surface area contributed by atoms with Crippen molar-refractivity contribution in [2.24, 2.45) is 5.92 Å². The summed E-state index contributed by atoms with van der Waals surface area (Å²) < 4.78 is 13.3. The van der Waals surface area contributed by atoms with E-state index in [4.69, 9.17) is 11.6 Å². The third kappa shape index (κ3) is 5.15. The molecule has 1 N–H and O–H groups in total. The van der Waals surface area contributed by atoms with Crippen molar-refractivity contribution in [1.82, 2.24) is 5.32 Å². The van der Waals surface area contributed by atoms with Gasteiger partial charge in [-0.1, -0.05) is 31.5 Å². The summed E-state index contributed by atoms with van der Waals surface area (Å²) in [6, 6.07) is 4.77. The number of nitrogens with one attached hydrogen (secondary N) is 1. The highest BCUT2D eigenvalue weighted by atomic mass is 35.5. The summed E-state index contributed by atoms with van der Waals surface area (Å²) in [5, 5.41) is 3.68. The van der Waals surface area contributed by atoms with Gasteiger partial charge in [0.15, 0.2) is 0 Å². The molecule has 1 aromatic rings. The normalized spacial score (nSPS) is 10.3. The molecule has 0 fully saturated rings. The SMILES string of the molecule is CC(C)CCNCc1c(F)cccc1Cl.Cl. The minimum atomic E-state index is -0.237. The Kier molecular flexibility index (Phi) is 7.73. The number of rotatable bonds is 5. The Bertz CT molecular complexity index is 296. The van der Waals surface area contributed by atoms with E-state index in [1.54, 1.807) is 12.1 Å². The fourth-order valence-corrected chi connectivity index (χ4v) is 1.54. The number of halogens is 3. The second-order valence-electron chi connectivity index (χ2n) is 4.06. The molecular formula is C12H18Cl2FN. The van der Waals surface area contributed by atoms with Gasteiger partial charge in [0, 0.05) is 17.1 Å². The van der Waals surface area contributed by atoms with E-state index < -0.39 is 0 Å². The molecule has 0 aliphatic carbocycles. The lowest BCUT2D eigenvalue weighted by atomic mass is 10.1. The van der Waals surface area contributed by atoms with Crippen LogP contribution in [0, 0.1) is 11.7 Å². The zero-order valence-electron chi connectivity index (χ0n) is 9.59. The molecule has 0 heterocycles. The van der Waals surface area contributed by atoms with Gasteiger partial charge in [0.25, 0.3) is 0 Å². The standard InChI is InChI=1S/C12H17ClFN.ClH/c1-9(2)6-7-15-8-10-11(13)4-3-5-12(10)14;/h3-5,9,15H,6-8H2,1-2H3;1H. The lowest BCUT2D eigenvalue weighted by Gasteiger charge is -2.09. The first kappa shape index (κ1) is 15.7. The van der Waals surface area contributed by atoms with Crippen molar-refractivity contribution in [3.63, 3.8) is 0 Å². The van der Waals surface area contributed by atoms with Crippen LogP contribution in [0.5, 0.6) is 0 Å². The Morgan fingerprint density at radius 1 is 1.38 bits per heavy atom. The summed E-state index contributed by atoms with van der Waals surface area (Å²) in [6.07, 6.45) is 1.09. The third-order valence-corrected chi connectivity index (χ3v) is 2.62. The van der Waals surface area contributed by atoms with Gasteiger partial charge in [-0.3, -0.25) is 0 Å². The number of hydrogen-bond donors (Lipinski definition) is 1. The first-order chi connectivity index (χ1) is 7.11. The van der Waals surface area contributed by atoms with Gasteiger partial charge in [-0.05, 0) is 31.0 Å². The van der Waals surface area contributed by atoms with E-state index in [0.717, 1.165) is 13.0 Å². The minimum absolute atomic E-state index is 0. The van der Waals surface area contributed by atoms with E-state index in [2.05, 4.69) is 19.2 Å². The van der Waals surface area contributed by atoms with Crippen LogP contribution in [0.3, 0.4) is 0 Å². The number of hydrogen-bond acceptors (Lipinski definition) is 1. The van der Waals surface area contributed by atoms with Crippen LogP contribution in [0.15, 0.2) is 18.2 Å². The summed E-state index contributed by atoms with van der Waals surface area (Å²) in [6.45, 7) is 5.72. The van der Waals surface area contributed by atoms with Gasteiger partial charge in [-0.2, -0.15) is 0 Å². The van der Waals surface area contributed by atoms with Crippen LogP contribution in [-0.2, 0) is 6.54 Å². The van der Waals surface area contributed by atoms with E-state index in [0.29, 0.717) is 23.0 Å². The number of benzene rings is 1. The topological polar surface area (TPSA) is 12.0 Å². The highest BCUT2D eigenvalue weighted by Crippen LogP contribution is 2.18. The average molecular weight is 266 g/mol. The Morgan fingerprint density at radius 3 is 2.62 bits per heavy atom. The molecule has 1 aromatic carbocycles. The van der Waals surface area contributed by atoms with E-state index in [9.17, 15) is 4.39 Å². The predicted octanol–water partition coefficient (Wildman–Crippen LogP) is 4.04. The van der Waals surface area contributed by atoms with Crippen LogP contribution in [0.2, 0.25) is 5.02 Å². The van der Waals surface area contributed by atoms with Crippen LogP contribution in [0.25, 0.3) is 0 Å². The van der Waals surface area contributed by atoms with Crippen LogP contribution >= 0.6 is 24.0 Å². The lowest BCUT2D eigenvalue weighted by Crippen LogP contribution is -2.17. The molecule has 92 valence electrons. The van der Waals surface area contributed by atoms with Crippen LogP contribution in [0.1, 0.15) is 25.8 Å². The first-order valence-electron chi connectivity index (χ1n) is 5.25. The molecule has 0 spiro atoms. The van der Waals surface area contributed by atoms with Crippen molar-refractivity contribution in [3.8, 4) is 0 Å².